The van der Waals surface area contributed by atoms with Crippen molar-refractivity contribution in [2.75, 3.05) is 27.8 Å². The van der Waals surface area contributed by atoms with Crippen LogP contribution in [0.25, 0.3) is 0 Å². The average molecular weight is 356 g/mol. The number of guanidine groups is 1. The van der Waals surface area contributed by atoms with E-state index in [0.29, 0.717) is 18.3 Å². The molecule has 0 aliphatic heterocycles. The lowest BCUT2D eigenvalue weighted by Gasteiger charge is -2.15. The van der Waals surface area contributed by atoms with E-state index in [1.807, 2.05) is 30.3 Å². The number of hydrogen-bond donors (Lipinski definition) is 2. The Hall–Kier alpha value is -2.76. The summed E-state index contributed by atoms with van der Waals surface area (Å²) in [6, 6.07) is 13.9. The summed E-state index contributed by atoms with van der Waals surface area (Å²) >= 11 is 0. The van der Waals surface area contributed by atoms with Crippen LogP contribution in [0.4, 0.5) is 0 Å². The van der Waals surface area contributed by atoms with Gasteiger partial charge in [0.05, 0.1) is 26.5 Å². The minimum Gasteiger partial charge on any atom is -0.497 e. The van der Waals surface area contributed by atoms with E-state index in [1.165, 1.54) is 5.56 Å². The van der Waals surface area contributed by atoms with Gasteiger partial charge in [0.15, 0.2) is 5.96 Å². The monoisotopic (exact) mass is 356 g/mol. The first-order valence-electron chi connectivity index (χ1n) is 8.74. The van der Waals surface area contributed by atoms with Crippen molar-refractivity contribution in [1.82, 2.24) is 15.6 Å². The zero-order chi connectivity index (χ0) is 18.8. The number of hydrogen-bond acceptors (Lipinski definition) is 4. The molecule has 6 heteroatoms. The number of nitrogens with zero attached hydrogens (tertiary/aromatic N) is 2. The lowest BCUT2D eigenvalue weighted by atomic mass is 9.98. The third-order valence-electron chi connectivity index (χ3n) is 4.21. The second-order valence-electron chi connectivity index (χ2n) is 5.99. The molecule has 1 unspecified atom stereocenters. The van der Waals surface area contributed by atoms with Gasteiger partial charge in [-0.2, -0.15) is 0 Å². The lowest BCUT2D eigenvalue weighted by molar-refractivity contribution is 0.396. The summed E-state index contributed by atoms with van der Waals surface area (Å²) in [5, 5.41) is 6.62. The zero-order valence-electron chi connectivity index (χ0n) is 16.0. The Balaban J connectivity index is 1.77. The maximum atomic E-state index is 5.20. The second-order valence-corrected chi connectivity index (χ2v) is 5.99. The molecule has 26 heavy (non-hydrogen) atoms. The summed E-state index contributed by atoms with van der Waals surface area (Å²) in [6.07, 6.45) is 1.00. The smallest absolute Gasteiger partial charge is 0.213 e. The molecule has 6 nitrogen and oxygen atoms in total. The van der Waals surface area contributed by atoms with Crippen LogP contribution in [0.5, 0.6) is 11.6 Å². The highest BCUT2D eigenvalue weighted by atomic mass is 16.5. The largest absolute Gasteiger partial charge is 0.497 e. The van der Waals surface area contributed by atoms with Crippen molar-refractivity contribution in [2.45, 2.75) is 25.8 Å². The number of aromatic nitrogens is 1. The molecule has 1 heterocycles. The molecule has 0 radical (unpaired) electrons. The Morgan fingerprint density at radius 3 is 2.50 bits per heavy atom. The van der Waals surface area contributed by atoms with E-state index >= 15 is 0 Å². The maximum Gasteiger partial charge on any atom is 0.213 e. The Labute approximate surface area is 155 Å². The number of methoxy groups -OCH3 is 2. The van der Waals surface area contributed by atoms with E-state index in [1.54, 1.807) is 21.3 Å². The van der Waals surface area contributed by atoms with Crippen LogP contribution in [0, 0.1) is 0 Å². The molecule has 1 atom stereocenters. The van der Waals surface area contributed by atoms with Crippen molar-refractivity contribution in [2.24, 2.45) is 4.99 Å². The minimum absolute atomic E-state index is 0.451. The molecule has 0 bridgehead atoms. The van der Waals surface area contributed by atoms with Gasteiger partial charge in [-0.15, -0.1) is 0 Å². The van der Waals surface area contributed by atoms with Gasteiger partial charge in [-0.25, -0.2) is 4.98 Å². The molecule has 1 aromatic carbocycles. The van der Waals surface area contributed by atoms with Crippen molar-refractivity contribution >= 4 is 5.96 Å². The molecular formula is C20H28N4O2. The number of pyridine rings is 1. The molecular weight excluding hydrogens is 328 g/mol. The van der Waals surface area contributed by atoms with Crippen molar-refractivity contribution in [1.29, 1.82) is 0 Å². The molecule has 1 aromatic heterocycles. The summed E-state index contributed by atoms with van der Waals surface area (Å²) in [5.41, 5.74) is 2.20. The van der Waals surface area contributed by atoms with Crippen LogP contribution in [0.3, 0.4) is 0 Å². The topological polar surface area (TPSA) is 67.8 Å². The van der Waals surface area contributed by atoms with E-state index in [2.05, 4.69) is 39.7 Å². The Bertz CT molecular complexity index is 701. The van der Waals surface area contributed by atoms with Gasteiger partial charge in [-0.1, -0.05) is 25.1 Å². The molecule has 0 spiro atoms. The fourth-order valence-corrected chi connectivity index (χ4v) is 2.57. The van der Waals surface area contributed by atoms with E-state index in [4.69, 9.17) is 9.47 Å². The van der Waals surface area contributed by atoms with Gasteiger partial charge in [-0.3, -0.25) is 4.99 Å². The summed E-state index contributed by atoms with van der Waals surface area (Å²) in [6.45, 7) is 3.64. The highest BCUT2D eigenvalue weighted by molar-refractivity contribution is 5.79. The first-order chi connectivity index (χ1) is 12.7. The predicted octanol–water partition coefficient (Wildman–Crippen LogP) is 2.96. The van der Waals surface area contributed by atoms with Gasteiger partial charge < -0.3 is 20.1 Å². The Kier molecular flexibility index (Phi) is 7.74. The maximum absolute atomic E-state index is 5.20. The van der Waals surface area contributed by atoms with Gasteiger partial charge in [-0.05, 0) is 36.1 Å². The van der Waals surface area contributed by atoms with Crippen LogP contribution in [-0.4, -0.2) is 38.8 Å². The molecule has 2 rings (SSSR count). The van der Waals surface area contributed by atoms with Gasteiger partial charge in [0.1, 0.15) is 5.75 Å². The number of rotatable bonds is 8. The van der Waals surface area contributed by atoms with Crippen LogP contribution in [0.15, 0.2) is 47.5 Å². The van der Waals surface area contributed by atoms with Crippen LogP contribution in [-0.2, 0) is 6.54 Å². The fourth-order valence-electron chi connectivity index (χ4n) is 2.57. The molecule has 0 aliphatic carbocycles. The third-order valence-corrected chi connectivity index (χ3v) is 4.21. The highest BCUT2D eigenvalue weighted by Crippen LogP contribution is 2.21. The lowest BCUT2D eigenvalue weighted by Crippen LogP contribution is -2.37. The van der Waals surface area contributed by atoms with E-state index < -0.39 is 0 Å². The Morgan fingerprint density at radius 1 is 1.08 bits per heavy atom. The van der Waals surface area contributed by atoms with Gasteiger partial charge in [0, 0.05) is 19.7 Å². The molecule has 140 valence electrons. The molecule has 0 fully saturated rings. The van der Waals surface area contributed by atoms with Crippen LogP contribution >= 0.6 is 0 Å². The number of aliphatic imine (C=N–C) groups is 1. The number of nitrogens with one attached hydrogen (secondary N) is 2. The highest BCUT2D eigenvalue weighted by Gasteiger charge is 2.07. The van der Waals surface area contributed by atoms with Gasteiger partial charge in [0.2, 0.25) is 5.88 Å². The second kappa shape index (κ2) is 10.3. The quantitative estimate of drug-likeness (QED) is 0.562. The molecule has 0 saturated carbocycles. The number of benzene rings is 1. The number of ether oxygens (including phenoxy) is 2. The normalized spacial score (nSPS) is 12.4. The minimum atomic E-state index is 0.451. The summed E-state index contributed by atoms with van der Waals surface area (Å²) in [7, 11) is 5.06. The molecule has 2 N–H and O–H groups in total. The Morgan fingerprint density at radius 2 is 1.85 bits per heavy atom. The van der Waals surface area contributed by atoms with Gasteiger partial charge in [0.25, 0.3) is 0 Å². The van der Waals surface area contributed by atoms with Crippen molar-refractivity contribution in [3.63, 3.8) is 0 Å². The van der Waals surface area contributed by atoms with Gasteiger partial charge >= 0.3 is 0 Å². The predicted molar refractivity (Wildman–Crippen MR) is 105 cm³/mol. The summed E-state index contributed by atoms with van der Waals surface area (Å²) in [4.78, 5) is 8.64. The van der Waals surface area contributed by atoms with Crippen LogP contribution in [0.1, 0.15) is 30.5 Å². The standard InChI is InChI=1S/C20H28N4O2/c1-15(16-8-10-18(25-3)11-9-16)12-13-22-20(21-2)23-14-17-6-5-7-19(24-17)26-4/h5-11,15H,12-14H2,1-4H3,(H2,21,22,23). The molecule has 0 amide bonds. The average Bonchev–Trinajstić information content (AvgIpc) is 2.70. The SMILES string of the molecule is CN=C(NCCC(C)c1ccc(OC)cc1)NCc1cccc(OC)n1. The van der Waals surface area contributed by atoms with E-state index in [-0.39, 0.29) is 0 Å². The molecule has 0 saturated heterocycles. The van der Waals surface area contributed by atoms with Crippen LogP contribution < -0.4 is 20.1 Å². The third kappa shape index (κ3) is 5.95. The first kappa shape index (κ1) is 19.6. The first-order valence-corrected chi connectivity index (χ1v) is 8.74. The van der Waals surface area contributed by atoms with Crippen molar-refractivity contribution in [3.05, 3.63) is 53.7 Å². The summed E-state index contributed by atoms with van der Waals surface area (Å²) in [5.74, 6) is 2.71. The van der Waals surface area contributed by atoms with Crippen molar-refractivity contribution < 1.29 is 9.47 Å². The molecule has 2 aromatic rings. The van der Waals surface area contributed by atoms with Crippen molar-refractivity contribution in [3.8, 4) is 11.6 Å². The fraction of sp³-hybridized carbons (Fsp3) is 0.400. The summed E-state index contributed by atoms with van der Waals surface area (Å²) < 4.78 is 10.3. The van der Waals surface area contributed by atoms with E-state index in [0.717, 1.165) is 30.4 Å². The van der Waals surface area contributed by atoms with Crippen LogP contribution in [0.2, 0.25) is 0 Å². The molecule has 0 aliphatic rings. The van der Waals surface area contributed by atoms with E-state index in [9.17, 15) is 0 Å². The zero-order valence-corrected chi connectivity index (χ0v) is 16.0.